The molecule has 4 rings (SSSR count). The van der Waals surface area contributed by atoms with E-state index in [1.54, 1.807) is 12.3 Å². The Morgan fingerprint density at radius 1 is 1.31 bits per heavy atom. The first-order valence-electron chi connectivity index (χ1n) is 9.30. The number of rotatable bonds is 6. The van der Waals surface area contributed by atoms with Gasteiger partial charge >= 0.3 is 0 Å². The number of ether oxygens (including phenoxy) is 1. The van der Waals surface area contributed by atoms with Gasteiger partial charge in [-0.05, 0) is 24.8 Å². The van der Waals surface area contributed by atoms with Gasteiger partial charge in [0.15, 0.2) is 5.82 Å². The van der Waals surface area contributed by atoms with Gasteiger partial charge in [0.25, 0.3) is 14.6 Å². The number of hydrogen-bond donors (Lipinski definition) is 0. The van der Waals surface area contributed by atoms with Crippen LogP contribution in [0.1, 0.15) is 55.5 Å². The molecule has 0 amide bonds. The second-order valence-corrected chi connectivity index (χ2v) is 10.1. The summed E-state index contributed by atoms with van der Waals surface area (Å²) in [5, 5.41) is 4.45. The van der Waals surface area contributed by atoms with Crippen molar-refractivity contribution in [1.29, 1.82) is 0 Å². The number of aromatic nitrogens is 4. The molecule has 0 N–H and O–H groups in total. The maximum atomic E-state index is 12.9. The van der Waals surface area contributed by atoms with Gasteiger partial charge in [-0.1, -0.05) is 19.9 Å². The molecule has 8 nitrogen and oxygen atoms in total. The maximum Gasteiger partial charge on any atom is 0.279 e. The van der Waals surface area contributed by atoms with E-state index in [1.165, 1.54) is 23.8 Å². The SMILES string of the molecule is COc1cc(S(=O)(=O)Cl)ccc1Cn1cc(C(C)C)c(=O)n2nc(C3CC3)nc12. The van der Waals surface area contributed by atoms with Crippen molar-refractivity contribution < 1.29 is 13.2 Å². The molecule has 1 aromatic carbocycles. The van der Waals surface area contributed by atoms with Crippen LogP contribution in [0.4, 0.5) is 0 Å². The molecule has 0 aliphatic heterocycles. The molecule has 29 heavy (non-hydrogen) atoms. The predicted molar refractivity (Wildman–Crippen MR) is 108 cm³/mol. The minimum absolute atomic E-state index is 0.0115. The highest BCUT2D eigenvalue weighted by atomic mass is 35.7. The maximum absolute atomic E-state index is 12.9. The van der Waals surface area contributed by atoms with Crippen molar-refractivity contribution >= 4 is 25.5 Å². The molecule has 0 spiro atoms. The third-order valence-electron chi connectivity index (χ3n) is 5.04. The van der Waals surface area contributed by atoms with E-state index in [1.807, 2.05) is 18.4 Å². The molecule has 0 atom stereocenters. The topological polar surface area (TPSA) is 95.6 Å². The summed E-state index contributed by atoms with van der Waals surface area (Å²) in [5.41, 5.74) is 1.19. The van der Waals surface area contributed by atoms with Crippen molar-refractivity contribution in [2.24, 2.45) is 0 Å². The molecule has 0 unspecified atom stereocenters. The van der Waals surface area contributed by atoms with E-state index in [2.05, 4.69) is 10.1 Å². The van der Waals surface area contributed by atoms with Crippen molar-refractivity contribution in [2.45, 2.75) is 50.0 Å². The largest absolute Gasteiger partial charge is 0.496 e. The third kappa shape index (κ3) is 3.76. The van der Waals surface area contributed by atoms with Crippen LogP contribution in [0.25, 0.3) is 5.78 Å². The molecule has 1 saturated carbocycles. The van der Waals surface area contributed by atoms with E-state index in [9.17, 15) is 13.2 Å². The van der Waals surface area contributed by atoms with Gasteiger partial charge in [0.05, 0.1) is 18.6 Å². The lowest BCUT2D eigenvalue weighted by atomic mass is 10.1. The summed E-state index contributed by atoms with van der Waals surface area (Å²) in [6, 6.07) is 4.47. The lowest BCUT2D eigenvalue weighted by Crippen LogP contribution is -2.24. The Hall–Kier alpha value is -2.39. The quantitative estimate of drug-likeness (QED) is 0.551. The average molecular weight is 437 g/mol. The van der Waals surface area contributed by atoms with E-state index < -0.39 is 9.05 Å². The van der Waals surface area contributed by atoms with E-state index >= 15 is 0 Å². The van der Waals surface area contributed by atoms with Crippen LogP contribution in [0.2, 0.25) is 0 Å². The first-order chi connectivity index (χ1) is 13.7. The highest BCUT2D eigenvalue weighted by molar-refractivity contribution is 8.13. The van der Waals surface area contributed by atoms with E-state index in [0.29, 0.717) is 35.4 Å². The Labute approximate surface area is 172 Å². The summed E-state index contributed by atoms with van der Waals surface area (Å²) in [6.45, 7) is 4.23. The average Bonchev–Trinajstić information content (AvgIpc) is 3.41. The zero-order valence-electron chi connectivity index (χ0n) is 16.3. The first-order valence-corrected chi connectivity index (χ1v) is 11.6. The van der Waals surface area contributed by atoms with Gasteiger partial charge in [-0.25, -0.2) is 8.42 Å². The predicted octanol–water partition coefficient (Wildman–Crippen LogP) is 2.88. The van der Waals surface area contributed by atoms with Crippen molar-refractivity contribution in [3.05, 3.63) is 51.7 Å². The van der Waals surface area contributed by atoms with Crippen LogP contribution in [-0.4, -0.2) is 34.7 Å². The molecule has 1 aliphatic rings. The minimum atomic E-state index is -3.86. The van der Waals surface area contributed by atoms with Gasteiger partial charge in [0.1, 0.15) is 5.75 Å². The Bertz CT molecular complexity index is 1260. The zero-order valence-corrected chi connectivity index (χ0v) is 17.9. The smallest absolute Gasteiger partial charge is 0.279 e. The Balaban J connectivity index is 1.85. The van der Waals surface area contributed by atoms with Gasteiger partial charge in [-0.3, -0.25) is 4.79 Å². The van der Waals surface area contributed by atoms with Crippen LogP contribution in [0.3, 0.4) is 0 Å². The van der Waals surface area contributed by atoms with Crippen molar-refractivity contribution in [3.63, 3.8) is 0 Å². The molecule has 3 aromatic rings. The van der Waals surface area contributed by atoms with Gasteiger partial charge < -0.3 is 9.30 Å². The number of methoxy groups -OCH3 is 1. The molecular formula is C19H21ClN4O4S. The zero-order chi connectivity index (χ0) is 20.9. The monoisotopic (exact) mass is 436 g/mol. The number of halogens is 1. The highest BCUT2D eigenvalue weighted by Crippen LogP contribution is 2.38. The standard InChI is InChI=1S/C19H21ClN4O4S/c1-11(2)15-10-23(19-21-17(12-4-5-12)22-24(19)18(15)25)9-13-6-7-14(29(20,26)27)8-16(13)28-3/h6-8,10-12H,4-5,9H2,1-3H3. The van der Waals surface area contributed by atoms with E-state index in [4.69, 9.17) is 15.4 Å². The van der Waals surface area contributed by atoms with Crippen LogP contribution in [0, 0.1) is 0 Å². The van der Waals surface area contributed by atoms with Crippen LogP contribution < -0.4 is 10.3 Å². The summed E-state index contributed by atoms with van der Waals surface area (Å²) in [4.78, 5) is 17.4. The molecule has 0 radical (unpaired) electrons. The summed E-state index contributed by atoms with van der Waals surface area (Å²) in [6.07, 6.45) is 3.86. The number of benzene rings is 1. The fourth-order valence-electron chi connectivity index (χ4n) is 3.26. The van der Waals surface area contributed by atoms with Gasteiger partial charge in [0, 0.05) is 40.0 Å². The Kier molecular flexibility index (Phi) is 4.90. The van der Waals surface area contributed by atoms with Crippen LogP contribution in [0.15, 0.2) is 34.1 Å². The van der Waals surface area contributed by atoms with E-state index in [-0.39, 0.29) is 16.4 Å². The van der Waals surface area contributed by atoms with Crippen molar-refractivity contribution in [2.75, 3.05) is 7.11 Å². The van der Waals surface area contributed by atoms with Crippen molar-refractivity contribution in [1.82, 2.24) is 19.2 Å². The lowest BCUT2D eigenvalue weighted by Gasteiger charge is -2.14. The molecule has 0 saturated heterocycles. The van der Waals surface area contributed by atoms with Crippen molar-refractivity contribution in [3.8, 4) is 5.75 Å². The van der Waals surface area contributed by atoms with Crippen LogP contribution in [-0.2, 0) is 15.6 Å². The summed E-state index contributed by atoms with van der Waals surface area (Å²) >= 11 is 0. The molecule has 1 fully saturated rings. The normalized spacial score (nSPS) is 14.7. The molecule has 1 aliphatic carbocycles. The molecular weight excluding hydrogens is 416 g/mol. The third-order valence-corrected chi connectivity index (χ3v) is 6.39. The number of nitrogens with zero attached hydrogens (tertiary/aromatic N) is 4. The number of hydrogen-bond acceptors (Lipinski definition) is 6. The van der Waals surface area contributed by atoms with Gasteiger partial charge in [0.2, 0.25) is 5.78 Å². The summed E-state index contributed by atoms with van der Waals surface area (Å²) < 4.78 is 31.8. The highest BCUT2D eigenvalue weighted by Gasteiger charge is 2.29. The fraction of sp³-hybridized carbons (Fsp3) is 0.421. The van der Waals surface area contributed by atoms with E-state index in [0.717, 1.165) is 18.4 Å². The lowest BCUT2D eigenvalue weighted by molar-refractivity contribution is 0.407. The van der Waals surface area contributed by atoms with Crippen LogP contribution in [0.5, 0.6) is 5.75 Å². The summed E-state index contributed by atoms with van der Waals surface area (Å²) in [5.74, 6) is 1.85. The second-order valence-electron chi connectivity index (χ2n) is 7.54. The van der Waals surface area contributed by atoms with Gasteiger partial charge in [-0.15, -0.1) is 5.10 Å². The Morgan fingerprint density at radius 2 is 2.03 bits per heavy atom. The second kappa shape index (κ2) is 7.14. The Morgan fingerprint density at radius 3 is 2.62 bits per heavy atom. The first kappa shape index (κ1) is 19.9. The summed E-state index contributed by atoms with van der Waals surface area (Å²) in [7, 11) is 3.04. The van der Waals surface area contributed by atoms with Crippen LogP contribution >= 0.6 is 10.7 Å². The molecule has 154 valence electrons. The molecule has 2 aromatic heterocycles. The van der Waals surface area contributed by atoms with Gasteiger partial charge in [-0.2, -0.15) is 9.50 Å². The fourth-order valence-corrected chi connectivity index (χ4v) is 4.03. The minimum Gasteiger partial charge on any atom is -0.496 e. The molecule has 0 bridgehead atoms. The molecule has 2 heterocycles. The number of fused-ring (bicyclic) bond motifs is 1. The molecule has 10 heteroatoms.